The van der Waals surface area contributed by atoms with Crippen LogP contribution in [0, 0.1) is 5.92 Å². The van der Waals surface area contributed by atoms with Crippen LogP contribution in [0.5, 0.6) is 0 Å². The zero-order valence-electron chi connectivity index (χ0n) is 11.8. The van der Waals surface area contributed by atoms with Crippen molar-refractivity contribution in [2.45, 2.75) is 33.4 Å². The predicted molar refractivity (Wildman–Crippen MR) is 73.3 cm³/mol. The minimum atomic E-state index is -3.33. The molecule has 0 aliphatic carbocycles. The van der Waals surface area contributed by atoms with Crippen molar-refractivity contribution in [1.29, 1.82) is 0 Å². The zero-order valence-corrected chi connectivity index (χ0v) is 12.6. The lowest BCUT2D eigenvalue weighted by molar-refractivity contribution is -0.132. The smallest absolute Gasteiger partial charge is 0.238 e. The molecular weight excluding hydrogens is 266 g/mol. The second-order valence-corrected chi connectivity index (χ2v) is 7.30. The van der Waals surface area contributed by atoms with E-state index >= 15 is 0 Å². The molecule has 5 nitrogen and oxygen atoms in total. The Bertz CT molecular complexity index is 505. The van der Waals surface area contributed by atoms with Gasteiger partial charge in [-0.3, -0.25) is 4.79 Å². The molecule has 1 heterocycles. The van der Waals surface area contributed by atoms with Crippen molar-refractivity contribution in [3.05, 3.63) is 24.2 Å². The summed E-state index contributed by atoms with van der Waals surface area (Å²) in [5.74, 6) is 0.0260. The quantitative estimate of drug-likeness (QED) is 0.798. The van der Waals surface area contributed by atoms with Gasteiger partial charge in [0.1, 0.15) is 11.5 Å². The topological polar surface area (TPSA) is 67.6 Å². The predicted octanol–water partition coefficient (Wildman–Crippen LogP) is 1.70. The third-order valence-electron chi connectivity index (χ3n) is 3.07. The van der Waals surface area contributed by atoms with Crippen LogP contribution in [0.4, 0.5) is 0 Å². The summed E-state index contributed by atoms with van der Waals surface area (Å²) >= 11 is 0. The van der Waals surface area contributed by atoms with E-state index in [2.05, 4.69) is 0 Å². The van der Waals surface area contributed by atoms with Crippen molar-refractivity contribution < 1.29 is 17.6 Å². The van der Waals surface area contributed by atoms with E-state index < -0.39 is 15.6 Å². The average Bonchev–Trinajstić information content (AvgIpc) is 2.74. The number of hydrogen-bond donors (Lipinski definition) is 0. The minimum Gasteiger partial charge on any atom is -0.467 e. The summed E-state index contributed by atoms with van der Waals surface area (Å²) in [7, 11) is -3.33. The molecule has 0 saturated carbocycles. The molecule has 0 saturated heterocycles. The summed E-state index contributed by atoms with van der Waals surface area (Å²) in [6.07, 6.45) is 2.60. The SMILES string of the molecule is CC(C)[C@H](C)N(Cc1ccco1)C(=O)CS(C)(=O)=O. The molecule has 108 valence electrons. The van der Waals surface area contributed by atoms with Gasteiger partial charge < -0.3 is 9.32 Å². The van der Waals surface area contributed by atoms with Gasteiger partial charge in [-0.15, -0.1) is 0 Å². The summed E-state index contributed by atoms with van der Waals surface area (Å²) in [5, 5.41) is 0. The summed E-state index contributed by atoms with van der Waals surface area (Å²) in [5.41, 5.74) is 0. The molecule has 1 amide bonds. The molecule has 0 aliphatic rings. The highest BCUT2D eigenvalue weighted by molar-refractivity contribution is 7.91. The third-order valence-corrected chi connectivity index (χ3v) is 3.84. The maximum Gasteiger partial charge on any atom is 0.238 e. The molecule has 0 radical (unpaired) electrons. The first-order valence-electron chi connectivity index (χ1n) is 6.20. The van der Waals surface area contributed by atoms with E-state index in [-0.39, 0.29) is 17.9 Å². The molecule has 0 spiro atoms. The number of hydrogen-bond acceptors (Lipinski definition) is 4. The van der Waals surface area contributed by atoms with Crippen LogP contribution in [0.2, 0.25) is 0 Å². The Balaban J connectivity index is 2.89. The van der Waals surface area contributed by atoms with Crippen LogP contribution >= 0.6 is 0 Å². The van der Waals surface area contributed by atoms with Crippen molar-refractivity contribution in [2.24, 2.45) is 5.92 Å². The first-order valence-corrected chi connectivity index (χ1v) is 8.26. The Morgan fingerprint density at radius 1 is 1.37 bits per heavy atom. The van der Waals surface area contributed by atoms with Gasteiger partial charge >= 0.3 is 0 Å². The van der Waals surface area contributed by atoms with Gasteiger partial charge in [0.15, 0.2) is 9.84 Å². The summed E-state index contributed by atoms with van der Waals surface area (Å²) < 4.78 is 27.8. The molecule has 0 N–H and O–H groups in total. The Labute approximate surface area is 114 Å². The molecule has 0 aliphatic heterocycles. The van der Waals surface area contributed by atoms with Crippen LogP contribution in [-0.2, 0) is 21.2 Å². The summed E-state index contributed by atoms with van der Waals surface area (Å²) in [6, 6.07) is 3.46. The fourth-order valence-corrected chi connectivity index (χ4v) is 2.31. The molecular formula is C13H21NO4S. The molecule has 0 aromatic carbocycles. The van der Waals surface area contributed by atoms with Crippen molar-refractivity contribution in [3.8, 4) is 0 Å². The van der Waals surface area contributed by atoms with E-state index in [1.165, 1.54) is 6.26 Å². The Hall–Kier alpha value is -1.30. The molecule has 1 aromatic rings. The van der Waals surface area contributed by atoms with Crippen molar-refractivity contribution in [3.63, 3.8) is 0 Å². The number of nitrogens with zero attached hydrogens (tertiary/aromatic N) is 1. The lowest BCUT2D eigenvalue weighted by Crippen LogP contribution is -2.43. The highest BCUT2D eigenvalue weighted by Gasteiger charge is 2.26. The molecule has 6 heteroatoms. The Kier molecular flexibility index (Phi) is 5.17. The van der Waals surface area contributed by atoms with E-state index in [0.29, 0.717) is 12.3 Å². The molecule has 1 atom stereocenters. The highest BCUT2D eigenvalue weighted by atomic mass is 32.2. The van der Waals surface area contributed by atoms with Gasteiger partial charge in [0.25, 0.3) is 0 Å². The first-order chi connectivity index (χ1) is 8.70. The molecule has 1 aromatic heterocycles. The van der Waals surface area contributed by atoms with Crippen LogP contribution in [-0.4, -0.2) is 37.3 Å². The fraction of sp³-hybridized carbons (Fsp3) is 0.615. The van der Waals surface area contributed by atoms with Crippen LogP contribution in [0.1, 0.15) is 26.5 Å². The average molecular weight is 287 g/mol. The minimum absolute atomic E-state index is 0.0562. The number of amides is 1. The van der Waals surface area contributed by atoms with E-state index in [4.69, 9.17) is 4.42 Å². The van der Waals surface area contributed by atoms with Crippen LogP contribution in [0.25, 0.3) is 0 Å². The molecule has 1 rings (SSSR count). The third kappa shape index (κ3) is 5.06. The maximum atomic E-state index is 12.1. The zero-order chi connectivity index (χ0) is 14.6. The van der Waals surface area contributed by atoms with Gasteiger partial charge in [0, 0.05) is 12.3 Å². The standard InChI is InChI=1S/C13H21NO4S/c1-10(2)11(3)14(8-12-6-5-7-18-12)13(15)9-19(4,16)17/h5-7,10-11H,8-9H2,1-4H3/t11-/m0/s1. The molecule has 0 unspecified atom stereocenters. The molecule has 19 heavy (non-hydrogen) atoms. The van der Waals surface area contributed by atoms with E-state index in [9.17, 15) is 13.2 Å². The number of rotatable bonds is 6. The van der Waals surface area contributed by atoms with Crippen molar-refractivity contribution in [2.75, 3.05) is 12.0 Å². The van der Waals surface area contributed by atoms with Crippen LogP contribution < -0.4 is 0 Å². The molecule has 0 fully saturated rings. The number of furan rings is 1. The number of carbonyl (C=O) groups excluding carboxylic acids is 1. The largest absolute Gasteiger partial charge is 0.467 e. The van der Waals surface area contributed by atoms with Crippen molar-refractivity contribution >= 4 is 15.7 Å². The normalized spacial score (nSPS) is 13.5. The number of sulfone groups is 1. The number of carbonyl (C=O) groups is 1. The van der Waals surface area contributed by atoms with Gasteiger partial charge in [0.2, 0.25) is 5.91 Å². The van der Waals surface area contributed by atoms with Crippen LogP contribution in [0.3, 0.4) is 0 Å². The van der Waals surface area contributed by atoms with Gasteiger partial charge in [0.05, 0.1) is 12.8 Å². The highest BCUT2D eigenvalue weighted by Crippen LogP contribution is 2.15. The van der Waals surface area contributed by atoms with E-state index in [1.807, 2.05) is 20.8 Å². The van der Waals surface area contributed by atoms with Crippen molar-refractivity contribution in [1.82, 2.24) is 4.90 Å². The first kappa shape index (κ1) is 15.8. The van der Waals surface area contributed by atoms with Crippen LogP contribution in [0.15, 0.2) is 22.8 Å². The summed E-state index contributed by atoms with van der Waals surface area (Å²) in [6.45, 7) is 6.19. The van der Waals surface area contributed by atoms with Gasteiger partial charge in [-0.1, -0.05) is 13.8 Å². The second-order valence-electron chi connectivity index (χ2n) is 5.16. The Morgan fingerprint density at radius 2 is 2.00 bits per heavy atom. The maximum absolute atomic E-state index is 12.1. The fourth-order valence-electron chi connectivity index (χ4n) is 1.70. The summed E-state index contributed by atoms with van der Waals surface area (Å²) in [4.78, 5) is 13.7. The van der Waals surface area contributed by atoms with E-state index in [1.54, 1.807) is 17.0 Å². The second kappa shape index (κ2) is 6.23. The van der Waals surface area contributed by atoms with Gasteiger partial charge in [-0.2, -0.15) is 0 Å². The Morgan fingerprint density at radius 3 is 2.42 bits per heavy atom. The lowest BCUT2D eigenvalue weighted by Gasteiger charge is -2.31. The monoisotopic (exact) mass is 287 g/mol. The lowest BCUT2D eigenvalue weighted by atomic mass is 10.0. The van der Waals surface area contributed by atoms with Gasteiger partial charge in [-0.05, 0) is 25.0 Å². The molecule has 0 bridgehead atoms. The van der Waals surface area contributed by atoms with Gasteiger partial charge in [-0.25, -0.2) is 8.42 Å². The van der Waals surface area contributed by atoms with E-state index in [0.717, 1.165) is 6.26 Å².